The predicted molar refractivity (Wildman–Crippen MR) is 62.5 cm³/mol. The lowest BCUT2D eigenvalue weighted by Crippen LogP contribution is -2.46. The Bertz CT molecular complexity index is 206. The van der Waals surface area contributed by atoms with Crippen LogP contribution in [-0.2, 0) is 0 Å². The second-order valence-corrected chi connectivity index (χ2v) is 4.69. The van der Waals surface area contributed by atoms with Crippen molar-refractivity contribution >= 4 is 0 Å². The quantitative estimate of drug-likeness (QED) is 0.635. The molecule has 14 heavy (non-hydrogen) atoms. The van der Waals surface area contributed by atoms with E-state index in [1.54, 1.807) is 5.57 Å². The Morgan fingerprint density at radius 3 is 2.57 bits per heavy atom. The van der Waals surface area contributed by atoms with Crippen LogP contribution < -0.4 is 0 Å². The summed E-state index contributed by atoms with van der Waals surface area (Å²) < 4.78 is 0. The molecule has 0 aromatic rings. The highest BCUT2D eigenvalue weighted by Crippen LogP contribution is 2.22. The SMILES string of the molecule is CCN1CC=C(C(C)C)C(N(C)C)C1. The van der Waals surface area contributed by atoms with Crippen LogP contribution in [0.4, 0.5) is 0 Å². The van der Waals surface area contributed by atoms with Crippen molar-refractivity contribution in [1.82, 2.24) is 9.80 Å². The fourth-order valence-electron chi connectivity index (χ4n) is 2.14. The van der Waals surface area contributed by atoms with Crippen molar-refractivity contribution in [2.75, 3.05) is 33.7 Å². The van der Waals surface area contributed by atoms with Crippen molar-refractivity contribution in [3.05, 3.63) is 11.6 Å². The highest BCUT2D eigenvalue weighted by Gasteiger charge is 2.24. The van der Waals surface area contributed by atoms with Gasteiger partial charge in [-0.15, -0.1) is 0 Å². The van der Waals surface area contributed by atoms with E-state index in [2.05, 4.69) is 50.7 Å². The minimum Gasteiger partial charge on any atom is -0.301 e. The zero-order valence-corrected chi connectivity index (χ0v) is 10.2. The molecule has 0 aliphatic carbocycles. The average Bonchev–Trinajstić information content (AvgIpc) is 2.16. The van der Waals surface area contributed by atoms with Crippen molar-refractivity contribution in [2.45, 2.75) is 26.8 Å². The zero-order chi connectivity index (χ0) is 10.7. The van der Waals surface area contributed by atoms with Gasteiger partial charge in [0, 0.05) is 19.1 Å². The molecule has 1 aliphatic rings. The maximum atomic E-state index is 2.50. The Kier molecular flexibility index (Phi) is 4.14. The molecule has 0 fully saturated rings. The Morgan fingerprint density at radius 1 is 1.50 bits per heavy atom. The monoisotopic (exact) mass is 196 g/mol. The molecule has 1 aliphatic heterocycles. The highest BCUT2D eigenvalue weighted by molar-refractivity contribution is 5.18. The van der Waals surface area contributed by atoms with E-state index in [0.29, 0.717) is 12.0 Å². The molecule has 0 N–H and O–H groups in total. The number of hydrogen-bond acceptors (Lipinski definition) is 2. The van der Waals surface area contributed by atoms with Gasteiger partial charge in [-0.3, -0.25) is 4.90 Å². The minimum atomic E-state index is 0.615. The molecule has 0 bridgehead atoms. The van der Waals surface area contributed by atoms with Crippen LogP contribution >= 0.6 is 0 Å². The van der Waals surface area contributed by atoms with Crippen LogP contribution in [0.1, 0.15) is 20.8 Å². The average molecular weight is 196 g/mol. The van der Waals surface area contributed by atoms with Crippen LogP contribution in [0, 0.1) is 5.92 Å². The van der Waals surface area contributed by atoms with Gasteiger partial charge in [0.25, 0.3) is 0 Å². The van der Waals surface area contributed by atoms with Gasteiger partial charge in [0.1, 0.15) is 0 Å². The molecule has 1 rings (SSSR count). The molecule has 1 unspecified atom stereocenters. The second kappa shape index (κ2) is 4.94. The van der Waals surface area contributed by atoms with Crippen molar-refractivity contribution < 1.29 is 0 Å². The first-order valence-electron chi connectivity index (χ1n) is 5.65. The Morgan fingerprint density at radius 2 is 2.14 bits per heavy atom. The van der Waals surface area contributed by atoms with E-state index < -0.39 is 0 Å². The standard InChI is InChI=1S/C12H24N2/c1-6-14-8-7-11(10(2)3)12(9-14)13(4)5/h7,10,12H,6,8-9H2,1-5H3. The first-order valence-corrected chi connectivity index (χ1v) is 5.65. The van der Waals surface area contributed by atoms with E-state index in [1.165, 1.54) is 6.54 Å². The molecule has 82 valence electrons. The zero-order valence-electron chi connectivity index (χ0n) is 10.2. The molecule has 2 nitrogen and oxygen atoms in total. The van der Waals surface area contributed by atoms with Crippen LogP contribution in [0.15, 0.2) is 11.6 Å². The molecule has 0 amide bonds. The van der Waals surface area contributed by atoms with Crippen LogP contribution in [0.2, 0.25) is 0 Å². The molecule has 0 spiro atoms. The van der Waals surface area contributed by atoms with Crippen LogP contribution in [0.5, 0.6) is 0 Å². The fourth-order valence-corrected chi connectivity index (χ4v) is 2.14. The van der Waals surface area contributed by atoms with Crippen molar-refractivity contribution in [2.24, 2.45) is 5.92 Å². The topological polar surface area (TPSA) is 6.48 Å². The van der Waals surface area contributed by atoms with Gasteiger partial charge in [-0.25, -0.2) is 0 Å². The lowest BCUT2D eigenvalue weighted by Gasteiger charge is -2.37. The molecule has 0 saturated heterocycles. The van der Waals surface area contributed by atoms with E-state index in [1.807, 2.05) is 0 Å². The summed E-state index contributed by atoms with van der Waals surface area (Å²) in [6.07, 6.45) is 2.42. The molecular formula is C12H24N2. The van der Waals surface area contributed by atoms with E-state index in [9.17, 15) is 0 Å². The molecule has 1 atom stereocenters. The van der Waals surface area contributed by atoms with Gasteiger partial charge in [-0.1, -0.05) is 32.4 Å². The second-order valence-electron chi connectivity index (χ2n) is 4.69. The maximum Gasteiger partial charge on any atom is 0.0432 e. The van der Waals surface area contributed by atoms with Crippen molar-refractivity contribution in [3.63, 3.8) is 0 Å². The predicted octanol–water partition coefficient (Wildman–Crippen LogP) is 1.83. The summed E-state index contributed by atoms with van der Waals surface area (Å²) in [5.74, 6) is 0.682. The molecule has 1 heterocycles. The number of nitrogens with zero attached hydrogens (tertiary/aromatic N) is 2. The van der Waals surface area contributed by atoms with Crippen LogP contribution in [0.25, 0.3) is 0 Å². The summed E-state index contributed by atoms with van der Waals surface area (Å²) in [5.41, 5.74) is 1.61. The van der Waals surface area contributed by atoms with E-state index >= 15 is 0 Å². The third-order valence-corrected chi connectivity index (χ3v) is 3.14. The lowest BCUT2D eigenvalue weighted by molar-refractivity contribution is 0.199. The summed E-state index contributed by atoms with van der Waals surface area (Å²) >= 11 is 0. The van der Waals surface area contributed by atoms with E-state index in [4.69, 9.17) is 0 Å². The van der Waals surface area contributed by atoms with Gasteiger partial charge >= 0.3 is 0 Å². The minimum absolute atomic E-state index is 0.615. The summed E-state index contributed by atoms with van der Waals surface area (Å²) in [4.78, 5) is 4.84. The summed E-state index contributed by atoms with van der Waals surface area (Å²) in [7, 11) is 4.36. The smallest absolute Gasteiger partial charge is 0.0432 e. The molecule has 0 saturated carbocycles. The third-order valence-electron chi connectivity index (χ3n) is 3.14. The Hall–Kier alpha value is -0.340. The molecule has 0 radical (unpaired) electrons. The maximum absolute atomic E-state index is 2.50. The van der Waals surface area contributed by atoms with Gasteiger partial charge < -0.3 is 4.90 Å². The highest BCUT2D eigenvalue weighted by atomic mass is 15.2. The Labute approximate surface area is 88.6 Å². The molecule has 2 heteroatoms. The van der Waals surface area contributed by atoms with Gasteiger partial charge in [0.2, 0.25) is 0 Å². The van der Waals surface area contributed by atoms with Gasteiger partial charge in [-0.05, 0) is 26.6 Å². The van der Waals surface area contributed by atoms with Crippen LogP contribution in [-0.4, -0.2) is 49.6 Å². The number of likely N-dealkylation sites (N-methyl/N-ethyl adjacent to an activating group) is 2. The van der Waals surface area contributed by atoms with Gasteiger partial charge in [0.05, 0.1) is 0 Å². The molecule has 0 aromatic heterocycles. The summed E-state index contributed by atoms with van der Waals surface area (Å²) in [6, 6.07) is 0.615. The normalized spacial score (nSPS) is 24.5. The summed E-state index contributed by atoms with van der Waals surface area (Å²) in [5, 5.41) is 0. The largest absolute Gasteiger partial charge is 0.301 e. The third kappa shape index (κ3) is 2.58. The molecule has 0 aromatic carbocycles. The van der Waals surface area contributed by atoms with Gasteiger partial charge in [-0.2, -0.15) is 0 Å². The number of hydrogen-bond donors (Lipinski definition) is 0. The fraction of sp³-hybridized carbons (Fsp3) is 0.833. The Balaban J connectivity index is 2.76. The lowest BCUT2D eigenvalue weighted by atomic mass is 9.91. The molecular weight excluding hydrogens is 172 g/mol. The van der Waals surface area contributed by atoms with Crippen LogP contribution in [0.3, 0.4) is 0 Å². The van der Waals surface area contributed by atoms with E-state index in [-0.39, 0.29) is 0 Å². The summed E-state index contributed by atoms with van der Waals surface area (Å²) in [6.45, 7) is 10.3. The first-order chi connectivity index (χ1) is 6.56. The van der Waals surface area contributed by atoms with Gasteiger partial charge in [0.15, 0.2) is 0 Å². The number of rotatable bonds is 3. The first kappa shape index (κ1) is 11.7. The van der Waals surface area contributed by atoms with Crippen molar-refractivity contribution in [1.29, 1.82) is 0 Å². The van der Waals surface area contributed by atoms with E-state index in [0.717, 1.165) is 13.1 Å². The van der Waals surface area contributed by atoms with Crippen molar-refractivity contribution in [3.8, 4) is 0 Å².